The molecule has 2 aromatic rings. The van der Waals surface area contributed by atoms with Crippen molar-refractivity contribution in [1.82, 2.24) is 9.97 Å². The predicted molar refractivity (Wildman–Crippen MR) is 84.0 cm³/mol. The highest BCUT2D eigenvalue weighted by Crippen LogP contribution is 2.27. The molecule has 122 valence electrons. The third kappa shape index (κ3) is 3.93. The van der Waals surface area contributed by atoms with Crippen molar-refractivity contribution in [1.29, 1.82) is 5.26 Å². The van der Waals surface area contributed by atoms with Crippen LogP contribution < -0.4 is 0 Å². The van der Waals surface area contributed by atoms with E-state index in [1.807, 2.05) is 6.07 Å². The van der Waals surface area contributed by atoms with Crippen LogP contribution in [0.25, 0.3) is 11.3 Å². The van der Waals surface area contributed by atoms with Gasteiger partial charge in [0.25, 0.3) is 0 Å². The van der Waals surface area contributed by atoms with E-state index in [1.54, 1.807) is 31.5 Å². The van der Waals surface area contributed by atoms with Crippen molar-refractivity contribution in [2.45, 2.75) is 19.8 Å². The first-order chi connectivity index (χ1) is 11.6. The van der Waals surface area contributed by atoms with E-state index in [0.29, 0.717) is 11.3 Å². The molecule has 0 radical (unpaired) electrons. The first kappa shape index (κ1) is 17.1. The van der Waals surface area contributed by atoms with Crippen molar-refractivity contribution in [2.75, 3.05) is 6.61 Å². The van der Waals surface area contributed by atoms with Gasteiger partial charge >= 0.3 is 5.97 Å². The Morgan fingerprint density at radius 1 is 1.29 bits per heavy atom. The third-order valence-electron chi connectivity index (χ3n) is 3.21. The number of nitriles is 1. The third-order valence-corrected chi connectivity index (χ3v) is 3.21. The normalized spacial score (nSPS) is 10.0. The highest BCUT2D eigenvalue weighted by molar-refractivity contribution is 5.99. The lowest BCUT2D eigenvalue weighted by atomic mass is 10.0. The minimum atomic E-state index is -0.534. The summed E-state index contributed by atoms with van der Waals surface area (Å²) in [5, 5.41) is 19.2. The minimum Gasteiger partial charge on any atom is -0.504 e. The number of ether oxygens (including phenoxy) is 1. The number of hydrogen-bond acceptors (Lipinski definition) is 7. The minimum absolute atomic E-state index is 0.0590. The Morgan fingerprint density at radius 3 is 2.62 bits per heavy atom. The number of pyridine rings is 2. The Bertz CT molecular complexity index is 797. The van der Waals surface area contributed by atoms with Gasteiger partial charge in [-0.1, -0.05) is 0 Å². The van der Waals surface area contributed by atoms with Crippen molar-refractivity contribution in [3.8, 4) is 23.1 Å². The van der Waals surface area contributed by atoms with Gasteiger partial charge < -0.3 is 9.84 Å². The van der Waals surface area contributed by atoms with Crippen LogP contribution in [0.15, 0.2) is 30.6 Å². The van der Waals surface area contributed by atoms with E-state index in [2.05, 4.69) is 9.97 Å². The summed E-state index contributed by atoms with van der Waals surface area (Å²) in [6.07, 6.45) is 2.83. The number of ketones is 1. The molecule has 1 N–H and O–H groups in total. The topological polar surface area (TPSA) is 113 Å². The first-order valence-corrected chi connectivity index (χ1v) is 7.30. The van der Waals surface area contributed by atoms with E-state index < -0.39 is 17.5 Å². The largest absolute Gasteiger partial charge is 0.504 e. The number of esters is 1. The lowest BCUT2D eigenvalue weighted by Crippen LogP contribution is -2.10. The van der Waals surface area contributed by atoms with Crippen molar-refractivity contribution in [2.24, 2.45) is 0 Å². The molecule has 0 spiro atoms. The van der Waals surface area contributed by atoms with Gasteiger partial charge in [-0.15, -0.1) is 0 Å². The van der Waals surface area contributed by atoms with Gasteiger partial charge in [0.15, 0.2) is 11.5 Å². The number of aromatic hydroxyl groups is 1. The van der Waals surface area contributed by atoms with Gasteiger partial charge in [-0.3, -0.25) is 14.6 Å². The Hall–Kier alpha value is -3.27. The van der Waals surface area contributed by atoms with Crippen LogP contribution in [0.5, 0.6) is 5.75 Å². The van der Waals surface area contributed by atoms with Crippen molar-refractivity contribution >= 4 is 11.8 Å². The van der Waals surface area contributed by atoms with Crippen molar-refractivity contribution in [3.63, 3.8) is 0 Å². The second-order valence-electron chi connectivity index (χ2n) is 4.83. The number of carbonyl (C=O) groups excluding carboxylic acids is 2. The van der Waals surface area contributed by atoms with E-state index in [1.165, 1.54) is 6.07 Å². The number of rotatable bonds is 6. The molecular formula is C17H15N3O4. The van der Waals surface area contributed by atoms with E-state index in [0.717, 1.165) is 0 Å². The lowest BCUT2D eigenvalue weighted by Gasteiger charge is -2.08. The molecule has 7 heteroatoms. The number of nitrogens with zero attached hydrogens (tertiary/aromatic N) is 3. The SMILES string of the molecule is CCOC(=O)CCC(=O)c1nc(-c2ccncc2)cc(C#N)c1O. The second-order valence-corrected chi connectivity index (χ2v) is 4.83. The van der Waals surface area contributed by atoms with Crippen LogP contribution >= 0.6 is 0 Å². The summed E-state index contributed by atoms with van der Waals surface area (Å²) >= 11 is 0. The predicted octanol–water partition coefficient (Wildman–Crippen LogP) is 2.25. The van der Waals surface area contributed by atoms with Crippen LogP contribution in [-0.4, -0.2) is 33.4 Å². The number of carbonyl (C=O) groups is 2. The first-order valence-electron chi connectivity index (χ1n) is 7.30. The Kier molecular flexibility index (Phi) is 5.58. The van der Waals surface area contributed by atoms with Gasteiger partial charge in [-0.25, -0.2) is 4.98 Å². The fourth-order valence-electron chi connectivity index (χ4n) is 2.06. The van der Waals surface area contributed by atoms with Crippen LogP contribution in [0, 0.1) is 11.3 Å². The van der Waals surface area contributed by atoms with Gasteiger partial charge in [0, 0.05) is 24.4 Å². The molecule has 0 aliphatic rings. The summed E-state index contributed by atoms with van der Waals surface area (Å²) in [5.41, 5.74) is 0.730. The number of Topliss-reactive ketones (excluding diaryl/α,β-unsaturated/α-hetero) is 1. The Morgan fingerprint density at radius 2 is 2.00 bits per heavy atom. The van der Waals surface area contributed by atoms with Gasteiger partial charge in [-0.2, -0.15) is 5.26 Å². The molecule has 0 aliphatic carbocycles. The Labute approximate surface area is 138 Å². The molecule has 7 nitrogen and oxygen atoms in total. The summed E-state index contributed by atoms with van der Waals surface area (Å²) < 4.78 is 4.76. The maximum absolute atomic E-state index is 12.3. The van der Waals surface area contributed by atoms with E-state index >= 15 is 0 Å². The number of hydrogen-bond donors (Lipinski definition) is 1. The van der Waals surface area contributed by atoms with Gasteiger partial charge in [0.05, 0.1) is 24.3 Å². The zero-order valence-electron chi connectivity index (χ0n) is 13.0. The highest BCUT2D eigenvalue weighted by atomic mass is 16.5. The second kappa shape index (κ2) is 7.83. The summed E-state index contributed by atoms with van der Waals surface area (Å²) in [6, 6.07) is 6.58. The quantitative estimate of drug-likeness (QED) is 0.640. The maximum atomic E-state index is 12.3. The molecule has 0 saturated carbocycles. The molecule has 0 saturated heterocycles. The molecule has 0 amide bonds. The van der Waals surface area contributed by atoms with Crippen LogP contribution in [0.2, 0.25) is 0 Å². The van der Waals surface area contributed by atoms with Crippen LogP contribution in [0.3, 0.4) is 0 Å². The van der Waals surface area contributed by atoms with E-state index in [-0.39, 0.29) is 30.7 Å². The molecule has 2 rings (SSSR count). The van der Waals surface area contributed by atoms with Gasteiger partial charge in [-0.05, 0) is 25.1 Å². The van der Waals surface area contributed by atoms with Gasteiger partial charge in [0.1, 0.15) is 11.8 Å². The molecule has 0 atom stereocenters. The molecule has 0 aliphatic heterocycles. The molecule has 0 aromatic carbocycles. The zero-order chi connectivity index (χ0) is 17.5. The summed E-state index contributed by atoms with van der Waals surface area (Å²) in [7, 11) is 0. The molecular weight excluding hydrogens is 310 g/mol. The number of aromatic nitrogens is 2. The van der Waals surface area contributed by atoms with E-state index in [9.17, 15) is 14.7 Å². The van der Waals surface area contributed by atoms with Crippen LogP contribution in [0.1, 0.15) is 35.8 Å². The Balaban J connectivity index is 2.33. The van der Waals surface area contributed by atoms with Crippen LogP contribution in [-0.2, 0) is 9.53 Å². The lowest BCUT2D eigenvalue weighted by molar-refractivity contribution is -0.143. The summed E-state index contributed by atoms with van der Waals surface area (Å²) in [5.74, 6) is -1.52. The molecule has 2 heterocycles. The highest BCUT2D eigenvalue weighted by Gasteiger charge is 2.20. The average molecular weight is 325 g/mol. The zero-order valence-corrected chi connectivity index (χ0v) is 13.0. The fourth-order valence-corrected chi connectivity index (χ4v) is 2.06. The fraction of sp³-hybridized carbons (Fsp3) is 0.235. The molecule has 24 heavy (non-hydrogen) atoms. The van der Waals surface area contributed by atoms with E-state index in [4.69, 9.17) is 10.00 Å². The molecule has 0 fully saturated rings. The standard InChI is InChI=1S/C17H15N3O4/c1-2-24-15(22)4-3-14(21)16-17(23)12(10-18)9-13(20-16)11-5-7-19-8-6-11/h5-9,23H,2-4H2,1H3. The maximum Gasteiger partial charge on any atom is 0.306 e. The monoisotopic (exact) mass is 325 g/mol. The average Bonchev–Trinajstić information content (AvgIpc) is 2.61. The van der Waals surface area contributed by atoms with Gasteiger partial charge in [0.2, 0.25) is 0 Å². The van der Waals surface area contributed by atoms with Crippen molar-refractivity contribution < 1.29 is 19.4 Å². The summed E-state index contributed by atoms with van der Waals surface area (Å²) in [6.45, 7) is 1.90. The molecule has 0 unspecified atom stereocenters. The smallest absolute Gasteiger partial charge is 0.306 e. The summed E-state index contributed by atoms with van der Waals surface area (Å²) in [4.78, 5) is 31.7. The van der Waals surface area contributed by atoms with Crippen LogP contribution in [0.4, 0.5) is 0 Å². The molecule has 2 aromatic heterocycles. The molecule has 0 bridgehead atoms. The van der Waals surface area contributed by atoms with Crippen molar-refractivity contribution in [3.05, 3.63) is 41.9 Å².